The SMILES string of the molecule is C=C(N)CN1CCN(CCCNC(=C)C2=C(C)NC(C=C3C(=C)N=C/C=C(\F)C=C3C)C2C)CC1. The summed E-state index contributed by atoms with van der Waals surface area (Å²) in [4.78, 5) is 9.14. The second-order valence-corrected chi connectivity index (χ2v) is 9.72. The van der Waals surface area contributed by atoms with Gasteiger partial charge in [-0.3, -0.25) is 9.89 Å². The molecule has 1 fully saturated rings. The highest BCUT2D eigenvalue weighted by Crippen LogP contribution is 2.33. The minimum atomic E-state index is -0.312. The summed E-state index contributed by atoms with van der Waals surface area (Å²) in [6.45, 7) is 25.3. The van der Waals surface area contributed by atoms with Gasteiger partial charge < -0.3 is 21.3 Å². The molecule has 4 N–H and O–H groups in total. The molecular weight excluding hydrogens is 439 g/mol. The number of nitrogens with zero attached hydrogens (tertiary/aromatic N) is 3. The third kappa shape index (κ3) is 7.29. The van der Waals surface area contributed by atoms with Crippen LogP contribution in [0.3, 0.4) is 0 Å². The van der Waals surface area contributed by atoms with Crippen molar-refractivity contribution < 1.29 is 4.39 Å². The predicted octanol–water partition coefficient (Wildman–Crippen LogP) is 3.78. The average Bonchev–Trinajstić information content (AvgIpc) is 3.07. The van der Waals surface area contributed by atoms with E-state index in [9.17, 15) is 4.39 Å². The van der Waals surface area contributed by atoms with Crippen LogP contribution in [0.5, 0.6) is 0 Å². The molecule has 3 aliphatic heterocycles. The largest absolute Gasteiger partial charge is 0.401 e. The van der Waals surface area contributed by atoms with Gasteiger partial charge in [0, 0.05) is 74.1 Å². The van der Waals surface area contributed by atoms with Gasteiger partial charge in [0.25, 0.3) is 0 Å². The summed E-state index contributed by atoms with van der Waals surface area (Å²) in [5, 5.41) is 7.11. The number of nitrogens with two attached hydrogens (primary N) is 1. The van der Waals surface area contributed by atoms with Crippen molar-refractivity contribution in [2.45, 2.75) is 33.2 Å². The molecule has 1 saturated heterocycles. The molecule has 190 valence electrons. The van der Waals surface area contributed by atoms with Gasteiger partial charge in [-0.25, -0.2) is 4.39 Å². The maximum absolute atomic E-state index is 13.9. The third-order valence-corrected chi connectivity index (χ3v) is 6.89. The van der Waals surface area contributed by atoms with Gasteiger partial charge in [0.2, 0.25) is 0 Å². The van der Waals surface area contributed by atoms with Gasteiger partial charge in [0.15, 0.2) is 0 Å². The summed E-state index contributed by atoms with van der Waals surface area (Å²) in [6, 6.07) is 0.0567. The lowest BCUT2D eigenvalue weighted by Crippen LogP contribution is -2.47. The van der Waals surface area contributed by atoms with Gasteiger partial charge in [-0.15, -0.1) is 0 Å². The number of piperazine rings is 1. The van der Waals surface area contributed by atoms with Crippen LogP contribution in [0, 0.1) is 5.92 Å². The summed E-state index contributed by atoms with van der Waals surface area (Å²) >= 11 is 0. The first-order valence-electron chi connectivity index (χ1n) is 12.4. The first-order valence-corrected chi connectivity index (χ1v) is 12.4. The Labute approximate surface area is 210 Å². The summed E-state index contributed by atoms with van der Waals surface area (Å²) in [7, 11) is 0. The molecule has 0 bridgehead atoms. The van der Waals surface area contributed by atoms with Crippen molar-refractivity contribution in [3.05, 3.63) is 83.3 Å². The van der Waals surface area contributed by atoms with Crippen LogP contribution in [0.1, 0.15) is 27.2 Å². The van der Waals surface area contributed by atoms with E-state index in [4.69, 9.17) is 5.73 Å². The smallest absolute Gasteiger partial charge is 0.125 e. The van der Waals surface area contributed by atoms with Gasteiger partial charge in [-0.2, -0.15) is 0 Å². The molecule has 0 radical (unpaired) electrons. The molecule has 6 nitrogen and oxygen atoms in total. The quantitative estimate of drug-likeness (QED) is 0.438. The lowest BCUT2D eigenvalue weighted by molar-refractivity contribution is 0.139. The molecule has 7 heteroatoms. The summed E-state index contributed by atoms with van der Waals surface area (Å²) in [5.74, 6) is -0.101. The van der Waals surface area contributed by atoms with Crippen LogP contribution in [-0.4, -0.2) is 67.9 Å². The fourth-order valence-electron chi connectivity index (χ4n) is 4.99. The van der Waals surface area contributed by atoms with Crippen molar-refractivity contribution in [1.29, 1.82) is 0 Å². The molecule has 2 unspecified atom stereocenters. The van der Waals surface area contributed by atoms with Crippen molar-refractivity contribution in [1.82, 2.24) is 20.4 Å². The van der Waals surface area contributed by atoms with Crippen molar-refractivity contribution >= 4 is 6.21 Å². The molecule has 3 rings (SSSR count). The Morgan fingerprint density at radius 3 is 2.63 bits per heavy atom. The molecule has 2 atom stereocenters. The average molecular weight is 481 g/mol. The van der Waals surface area contributed by atoms with Crippen LogP contribution >= 0.6 is 0 Å². The lowest BCUT2D eigenvalue weighted by atomic mass is 9.91. The predicted molar refractivity (Wildman–Crippen MR) is 145 cm³/mol. The fourth-order valence-corrected chi connectivity index (χ4v) is 4.99. The zero-order chi connectivity index (χ0) is 25.5. The molecule has 0 aliphatic carbocycles. The fraction of sp³-hybridized carbons (Fsp3) is 0.464. The zero-order valence-corrected chi connectivity index (χ0v) is 21.5. The maximum atomic E-state index is 13.9. The molecule has 0 spiro atoms. The van der Waals surface area contributed by atoms with Gasteiger partial charge in [0.05, 0.1) is 11.7 Å². The van der Waals surface area contributed by atoms with Gasteiger partial charge in [-0.1, -0.05) is 32.7 Å². The first-order chi connectivity index (χ1) is 16.7. The number of nitrogens with one attached hydrogen (secondary N) is 2. The van der Waals surface area contributed by atoms with Crippen LogP contribution < -0.4 is 16.4 Å². The third-order valence-electron chi connectivity index (χ3n) is 6.89. The Hall–Kier alpha value is -2.90. The van der Waals surface area contributed by atoms with Gasteiger partial charge >= 0.3 is 0 Å². The van der Waals surface area contributed by atoms with Crippen molar-refractivity contribution in [3.63, 3.8) is 0 Å². The standard InChI is InChI=1S/C28H41FN6/c1-19-16-25(29)8-10-32-22(4)26(19)17-27-21(3)28(24(6)33-27)23(5)31-9-7-11-34-12-14-35(15-13-34)18-20(2)30/h8,10,16-17,21,27,31,33H,2,4-5,7,9,11-15,18,30H2,1,3,6H3/b19-16?,25-8-,26-17?,32-10?. The highest BCUT2D eigenvalue weighted by molar-refractivity contribution is 5.75. The van der Waals surface area contributed by atoms with Crippen molar-refractivity contribution in [2.24, 2.45) is 16.6 Å². The number of allylic oxidation sites excluding steroid dienone is 6. The highest BCUT2D eigenvalue weighted by atomic mass is 19.1. The maximum Gasteiger partial charge on any atom is 0.125 e. The molecule has 0 amide bonds. The van der Waals surface area contributed by atoms with E-state index < -0.39 is 0 Å². The molecule has 3 heterocycles. The van der Waals surface area contributed by atoms with E-state index in [0.29, 0.717) is 5.70 Å². The summed E-state index contributed by atoms with van der Waals surface area (Å²) in [5.41, 5.74) is 12.1. The van der Waals surface area contributed by atoms with Crippen LogP contribution in [0.25, 0.3) is 0 Å². The molecule has 0 aromatic carbocycles. The molecule has 0 saturated carbocycles. The minimum absolute atomic E-state index is 0.0567. The Balaban J connectivity index is 1.50. The topological polar surface area (TPSA) is 68.9 Å². The van der Waals surface area contributed by atoms with Crippen molar-refractivity contribution in [3.8, 4) is 0 Å². The zero-order valence-electron chi connectivity index (χ0n) is 21.5. The van der Waals surface area contributed by atoms with Crippen LogP contribution in [0.4, 0.5) is 4.39 Å². The van der Waals surface area contributed by atoms with Crippen LogP contribution in [0.2, 0.25) is 0 Å². The molecule has 0 aromatic heterocycles. The molecular formula is C28H41FN6. The molecule has 3 aliphatic rings. The van der Waals surface area contributed by atoms with Crippen molar-refractivity contribution in [2.75, 3.05) is 45.8 Å². The van der Waals surface area contributed by atoms with E-state index in [2.05, 4.69) is 65.1 Å². The number of hydrogen-bond acceptors (Lipinski definition) is 6. The van der Waals surface area contributed by atoms with Gasteiger partial charge in [-0.05, 0) is 50.1 Å². The monoisotopic (exact) mass is 480 g/mol. The Bertz CT molecular complexity index is 991. The second kappa shape index (κ2) is 12.2. The van der Waals surface area contributed by atoms with E-state index in [1.165, 1.54) is 23.9 Å². The normalized spacial score (nSPS) is 26.6. The molecule has 0 aromatic rings. The number of rotatable bonds is 9. The van der Waals surface area contributed by atoms with E-state index >= 15 is 0 Å². The Kier molecular flexibility index (Phi) is 9.29. The first kappa shape index (κ1) is 26.7. The van der Waals surface area contributed by atoms with E-state index in [0.717, 1.165) is 80.5 Å². The highest BCUT2D eigenvalue weighted by Gasteiger charge is 2.30. The Morgan fingerprint density at radius 2 is 1.94 bits per heavy atom. The minimum Gasteiger partial charge on any atom is -0.401 e. The number of aliphatic imine (C=N–C) groups is 1. The second-order valence-electron chi connectivity index (χ2n) is 9.72. The number of hydrogen-bond donors (Lipinski definition) is 3. The number of halogens is 1. The van der Waals surface area contributed by atoms with E-state index in [-0.39, 0.29) is 17.8 Å². The van der Waals surface area contributed by atoms with Gasteiger partial charge in [0.1, 0.15) is 5.83 Å². The summed E-state index contributed by atoms with van der Waals surface area (Å²) in [6.07, 6.45) is 7.50. The Morgan fingerprint density at radius 1 is 1.26 bits per heavy atom. The molecule has 35 heavy (non-hydrogen) atoms. The lowest BCUT2D eigenvalue weighted by Gasteiger charge is -2.34. The van der Waals surface area contributed by atoms with Crippen LogP contribution in [-0.2, 0) is 0 Å². The van der Waals surface area contributed by atoms with E-state index in [1.807, 2.05) is 6.92 Å². The summed E-state index contributed by atoms with van der Waals surface area (Å²) < 4.78 is 13.9. The van der Waals surface area contributed by atoms with E-state index in [1.54, 1.807) is 0 Å². The van der Waals surface area contributed by atoms with Crippen LogP contribution in [0.15, 0.2) is 88.3 Å².